The number of fused-ring (bicyclic) bond motifs is 1. The summed E-state index contributed by atoms with van der Waals surface area (Å²) in [5, 5.41) is 0.693. The van der Waals surface area contributed by atoms with Gasteiger partial charge in [-0.05, 0) is 13.0 Å². The van der Waals surface area contributed by atoms with Crippen molar-refractivity contribution in [3.05, 3.63) is 62.0 Å². The summed E-state index contributed by atoms with van der Waals surface area (Å²) >= 11 is 0. The average molecular weight is 401 g/mol. The number of esters is 1. The fourth-order valence-corrected chi connectivity index (χ4v) is 2.79. The zero-order valence-corrected chi connectivity index (χ0v) is 15.8. The van der Waals surface area contributed by atoms with E-state index in [1.54, 1.807) is 24.3 Å². The second-order valence-electron chi connectivity index (χ2n) is 6.12. The monoisotopic (exact) mass is 401 g/mol. The lowest BCUT2D eigenvalue weighted by atomic mass is 10.1. The van der Waals surface area contributed by atoms with Gasteiger partial charge in [-0.3, -0.25) is 19.1 Å². The van der Waals surface area contributed by atoms with Gasteiger partial charge in [0.05, 0.1) is 6.61 Å². The molecule has 3 rings (SSSR count). The normalized spacial score (nSPS) is 11.0. The largest absolute Gasteiger partial charge is 0.451 e. The number of hydrogen-bond acceptors (Lipinski definition) is 8. The fraction of sp³-hybridized carbons (Fsp3) is 0.263. The minimum Gasteiger partial charge on any atom is -0.451 e. The average Bonchev–Trinajstić information content (AvgIpc) is 3.07. The highest BCUT2D eigenvalue weighted by Crippen LogP contribution is 2.27. The van der Waals surface area contributed by atoms with Gasteiger partial charge < -0.3 is 19.6 Å². The van der Waals surface area contributed by atoms with E-state index in [0.717, 1.165) is 4.57 Å². The van der Waals surface area contributed by atoms with Crippen LogP contribution in [0.5, 0.6) is 0 Å². The number of H-pyrrole nitrogens is 1. The predicted molar refractivity (Wildman–Crippen MR) is 103 cm³/mol. The van der Waals surface area contributed by atoms with Crippen LogP contribution in [-0.4, -0.2) is 34.5 Å². The molecule has 3 aromatic rings. The van der Waals surface area contributed by atoms with Crippen LogP contribution in [0.3, 0.4) is 0 Å². The molecule has 3 N–H and O–H groups in total. The van der Waals surface area contributed by atoms with Gasteiger partial charge >= 0.3 is 11.7 Å². The van der Waals surface area contributed by atoms with E-state index in [9.17, 15) is 19.2 Å². The summed E-state index contributed by atoms with van der Waals surface area (Å²) in [6, 6.07) is 7.02. The SMILES string of the molecule is CCOCc1c(C(=O)OCC(=O)c2c(N)n(C)c(=O)[nH]c2=O)oc2ccccc12. The number of hydrogen-bond donors (Lipinski definition) is 2. The Bertz CT molecular complexity index is 1200. The van der Waals surface area contributed by atoms with Crippen molar-refractivity contribution >= 4 is 28.5 Å². The van der Waals surface area contributed by atoms with Gasteiger partial charge in [-0.25, -0.2) is 9.59 Å². The molecule has 0 aliphatic heterocycles. The van der Waals surface area contributed by atoms with Crippen LogP contribution in [0.4, 0.5) is 5.82 Å². The molecule has 0 atom stereocenters. The van der Waals surface area contributed by atoms with Crippen LogP contribution in [0, 0.1) is 0 Å². The molecule has 0 fully saturated rings. The summed E-state index contributed by atoms with van der Waals surface area (Å²) in [5.74, 6) is -2.14. The van der Waals surface area contributed by atoms with Gasteiger partial charge in [-0.1, -0.05) is 18.2 Å². The number of para-hydroxylation sites is 1. The molecule has 10 nitrogen and oxygen atoms in total. The summed E-state index contributed by atoms with van der Waals surface area (Å²) in [5.41, 5.74) is 4.48. The third-order valence-corrected chi connectivity index (χ3v) is 4.32. The van der Waals surface area contributed by atoms with Crippen molar-refractivity contribution in [3.8, 4) is 0 Å². The molecule has 0 saturated heterocycles. The molecule has 10 heteroatoms. The van der Waals surface area contributed by atoms with Gasteiger partial charge in [0.2, 0.25) is 11.5 Å². The van der Waals surface area contributed by atoms with Crippen LogP contribution in [-0.2, 0) is 23.1 Å². The molecule has 0 aliphatic carbocycles. The number of Topliss-reactive ketones (excluding diaryl/α,β-unsaturated/α-hetero) is 1. The number of anilines is 1. The van der Waals surface area contributed by atoms with Gasteiger partial charge in [0.15, 0.2) is 6.61 Å². The van der Waals surface area contributed by atoms with E-state index >= 15 is 0 Å². The van der Waals surface area contributed by atoms with Crippen LogP contribution in [0.2, 0.25) is 0 Å². The Morgan fingerprint density at radius 3 is 2.69 bits per heavy atom. The molecule has 0 spiro atoms. The zero-order chi connectivity index (χ0) is 21.1. The maximum absolute atomic E-state index is 12.5. The Morgan fingerprint density at radius 2 is 1.97 bits per heavy atom. The summed E-state index contributed by atoms with van der Waals surface area (Å²) in [7, 11) is 1.30. The Morgan fingerprint density at radius 1 is 1.24 bits per heavy atom. The van der Waals surface area contributed by atoms with E-state index in [-0.39, 0.29) is 18.2 Å². The number of carbonyl (C=O) groups is 2. The molecule has 2 heterocycles. The molecule has 2 aromatic heterocycles. The number of carbonyl (C=O) groups excluding carboxylic acids is 2. The standard InChI is InChI=1S/C19H19N3O7/c1-3-27-8-11-10-6-4-5-7-13(10)29-15(11)18(25)28-9-12(23)14-16(20)22(2)19(26)21-17(14)24/h4-7H,3,8-9,20H2,1-2H3,(H,21,24,26). The lowest BCUT2D eigenvalue weighted by Gasteiger charge is -2.08. The first-order chi connectivity index (χ1) is 13.8. The van der Waals surface area contributed by atoms with Crippen molar-refractivity contribution in [2.45, 2.75) is 13.5 Å². The fourth-order valence-electron chi connectivity index (χ4n) is 2.79. The molecule has 29 heavy (non-hydrogen) atoms. The molecule has 0 radical (unpaired) electrons. The number of rotatable bonds is 7. The first-order valence-corrected chi connectivity index (χ1v) is 8.72. The molecule has 152 valence electrons. The Labute approximate surface area is 163 Å². The minimum atomic E-state index is -0.951. The van der Waals surface area contributed by atoms with Crippen molar-refractivity contribution in [1.82, 2.24) is 9.55 Å². The topological polar surface area (TPSA) is 147 Å². The van der Waals surface area contributed by atoms with Crippen molar-refractivity contribution in [2.75, 3.05) is 18.9 Å². The second-order valence-corrected chi connectivity index (χ2v) is 6.12. The van der Waals surface area contributed by atoms with Crippen LogP contribution in [0.25, 0.3) is 11.0 Å². The summed E-state index contributed by atoms with van der Waals surface area (Å²) < 4.78 is 16.9. The molecule has 0 unspecified atom stereocenters. The number of benzene rings is 1. The summed E-state index contributed by atoms with van der Waals surface area (Å²) in [6.07, 6.45) is 0. The lowest BCUT2D eigenvalue weighted by Crippen LogP contribution is -2.35. The first kappa shape index (κ1) is 20.1. The van der Waals surface area contributed by atoms with Crippen molar-refractivity contribution < 1.29 is 23.5 Å². The molecule has 1 aromatic carbocycles. The summed E-state index contributed by atoms with van der Waals surface area (Å²) in [4.78, 5) is 50.3. The van der Waals surface area contributed by atoms with Crippen molar-refractivity contribution in [3.63, 3.8) is 0 Å². The van der Waals surface area contributed by atoms with Crippen LogP contribution in [0.15, 0.2) is 38.3 Å². The minimum absolute atomic E-state index is 0.0882. The number of ether oxygens (including phenoxy) is 2. The molecular weight excluding hydrogens is 382 g/mol. The first-order valence-electron chi connectivity index (χ1n) is 8.72. The van der Waals surface area contributed by atoms with E-state index in [0.29, 0.717) is 23.1 Å². The molecule has 0 bridgehead atoms. The van der Waals surface area contributed by atoms with Crippen molar-refractivity contribution in [1.29, 1.82) is 0 Å². The van der Waals surface area contributed by atoms with Crippen molar-refractivity contribution in [2.24, 2.45) is 7.05 Å². The van der Waals surface area contributed by atoms with Gasteiger partial charge in [0.1, 0.15) is 17.0 Å². The van der Waals surface area contributed by atoms with E-state index in [1.165, 1.54) is 7.05 Å². The third kappa shape index (κ3) is 3.83. The van der Waals surface area contributed by atoms with E-state index in [2.05, 4.69) is 0 Å². The number of nitrogens with zero attached hydrogens (tertiary/aromatic N) is 1. The Balaban J connectivity index is 1.85. The molecule has 0 saturated carbocycles. The maximum Gasteiger partial charge on any atom is 0.375 e. The number of aromatic amines is 1. The number of furan rings is 1. The maximum atomic E-state index is 12.5. The molecular formula is C19H19N3O7. The van der Waals surface area contributed by atoms with Gasteiger partial charge in [-0.2, -0.15) is 0 Å². The number of nitrogens with two attached hydrogens (primary N) is 1. The lowest BCUT2D eigenvalue weighted by molar-refractivity contribution is 0.0438. The smallest absolute Gasteiger partial charge is 0.375 e. The van der Waals surface area contributed by atoms with Gasteiger partial charge in [0, 0.05) is 24.6 Å². The predicted octanol–water partition coefficient (Wildman–Crippen LogP) is 0.978. The number of ketones is 1. The van der Waals surface area contributed by atoms with E-state index < -0.39 is 35.2 Å². The van der Waals surface area contributed by atoms with Crippen LogP contribution in [0.1, 0.15) is 33.4 Å². The number of nitrogens with one attached hydrogen (secondary N) is 1. The quantitative estimate of drug-likeness (QED) is 0.440. The highest BCUT2D eigenvalue weighted by molar-refractivity contribution is 6.02. The summed E-state index contributed by atoms with van der Waals surface area (Å²) in [6.45, 7) is 1.62. The highest BCUT2D eigenvalue weighted by Gasteiger charge is 2.24. The van der Waals surface area contributed by atoms with Gasteiger partial charge in [-0.15, -0.1) is 0 Å². The van der Waals surface area contributed by atoms with Crippen LogP contribution < -0.4 is 17.0 Å². The Kier molecular flexibility index (Phi) is 5.64. The molecule has 0 amide bonds. The molecule has 0 aliphatic rings. The number of nitrogen functional groups attached to an aromatic ring is 1. The van der Waals surface area contributed by atoms with E-state index in [1.807, 2.05) is 11.9 Å². The van der Waals surface area contributed by atoms with Gasteiger partial charge in [0.25, 0.3) is 5.56 Å². The van der Waals surface area contributed by atoms with E-state index in [4.69, 9.17) is 19.6 Å². The third-order valence-electron chi connectivity index (χ3n) is 4.32. The Hall–Kier alpha value is -3.66. The van der Waals surface area contributed by atoms with Crippen LogP contribution >= 0.6 is 0 Å². The zero-order valence-electron chi connectivity index (χ0n) is 15.8. The number of aromatic nitrogens is 2. The second kappa shape index (κ2) is 8.15. The highest BCUT2D eigenvalue weighted by atomic mass is 16.5.